The van der Waals surface area contributed by atoms with E-state index < -0.39 is 10.0 Å². The van der Waals surface area contributed by atoms with Crippen molar-refractivity contribution in [3.05, 3.63) is 0 Å². The van der Waals surface area contributed by atoms with Crippen LogP contribution in [0.25, 0.3) is 0 Å². The van der Waals surface area contributed by atoms with E-state index in [0.717, 1.165) is 0 Å². The molecule has 7 heteroatoms. The fourth-order valence-electron chi connectivity index (χ4n) is 1.83. The van der Waals surface area contributed by atoms with Crippen molar-refractivity contribution in [2.24, 2.45) is 5.73 Å². The first-order chi connectivity index (χ1) is 8.01. The molecule has 1 aliphatic rings. The van der Waals surface area contributed by atoms with E-state index in [2.05, 4.69) is 0 Å². The maximum absolute atomic E-state index is 12.1. The van der Waals surface area contributed by atoms with Crippen molar-refractivity contribution in [3.8, 4) is 0 Å². The van der Waals surface area contributed by atoms with Gasteiger partial charge in [-0.2, -0.15) is 4.31 Å². The van der Waals surface area contributed by atoms with Gasteiger partial charge in [0, 0.05) is 32.8 Å². The van der Waals surface area contributed by atoms with Gasteiger partial charge in [0.25, 0.3) is 0 Å². The van der Waals surface area contributed by atoms with Crippen LogP contribution in [0.3, 0.4) is 0 Å². The predicted octanol–water partition coefficient (Wildman–Crippen LogP) is -0.599. The first kappa shape index (κ1) is 14.8. The van der Waals surface area contributed by atoms with E-state index in [4.69, 9.17) is 15.2 Å². The SMILES string of the molecule is COCCCS(=O)(=O)N1CC(CN)OCC1C. The van der Waals surface area contributed by atoms with Gasteiger partial charge in [-0.3, -0.25) is 0 Å². The highest BCUT2D eigenvalue weighted by molar-refractivity contribution is 7.89. The van der Waals surface area contributed by atoms with Crippen molar-refractivity contribution in [2.75, 3.05) is 39.2 Å². The summed E-state index contributed by atoms with van der Waals surface area (Å²) in [5.74, 6) is 0.114. The average Bonchev–Trinajstić information content (AvgIpc) is 2.29. The molecule has 1 fully saturated rings. The molecule has 2 atom stereocenters. The van der Waals surface area contributed by atoms with Crippen molar-refractivity contribution in [3.63, 3.8) is 0 Å². The maximum atomic E-state index is 12.1. The van der Waals surface area contributed by atoms with E-state index in [1.165, 1.54) is 4.31 Å². The molecule has 2 unspecified atom stereocenters. The number of nitrogens with zero attached hydrogens (tertiary/aromatic N) is 1. The lowest BCUT2D eigenvalue weighted by Crippen LogP contribution is -2.53. The quantitative estimate of drug-likeness (QED) is 0.649. The number of ether oxygens (including phenoxy) is 2. The predicted molar refractivity (Wildman–Crippen MR) is 65.2 cm³/mol. The molecular formula is C10H22N2O4S. The summed E-state index contributed by atoms with van der Waals surface area (Å²) in [6.07, 6.45) is 0.319. The highest BCUT2D eigenvalue weighted by Crippen LogP contribution is 2.16. The Hall–Kier alpha value is -0.210. The molecule has 0 saturated carbocycles. The minimum Gasteiger partial charge on any atom is -0.385 e. The van der Waals surface area contributed by atoms with Gasteiger partial charge in [0.05, 0.1) is 18.5 Å². The van der Waals surface area contributed by atoms with Crippen molar-refractivity contribution >= 4 is 10.0 Å². The van der Waals surface area contributed by atoms with Crippen LogP contribution in [0.4, 0.5) is 0 Å². The summed E-state index contributed by atoms with van der Waals surface area (Å²) in [5, 5.41) is 0. The molecule has 1 aliphatic heterocycles. The Labute approximate surface area is 103 Å². The molecule has 0 aromatic rings. The number of sulfonamides is 1. The highest BCUT2D eigenvalue weighted by Gasteiger charge is 2.33. The van der Waals surface area contributed by atoms with Gasteiger partial charge in [-0.15, -0.1) is 0 Å². The highest BCUT2D eigenvalue weighted by atomic mass is 32.2. The number of nitrogens with two attached hydrogens (primary N) is 1. The normalized spacial score (nSPS) is 27.2. The molecule has 17 heavy (non-hydrogen) atoms. The standard InChI is InChI=1S/C10H22N2O4S/c1-9-8-16-10(6-11)7-12(9)17(13,14)5-3-4-15-2/h9-10H,3-8,11H2,1-2H3. The zero-order valence-corrected chi connectivity index (χ0v) is 11.3. The van der Waals surface area contributed by atoms with Crippen molar-refractivity contribution in [2.45, 2.75) is 25.5 Å². The van der Waals surface area contributed by atoms with E-state index >= 15 is 0 Å². The molecule has 1 saturated heterocycles. The van der Waals surface area contributed by atoms with Crippen LogP contribution in [0.1, 0.15) is 13.3 Å². The van der Waals surface area contributed by atoms with Gasteiger partial charge < -0.3 is 15.2 Å². The largest absolute Gasteiger partial charge is 0.385 e. The lowest BCUT2D eigenvalue weighted by molar-refractivity contribution is -0.0219. The van der Waals surface area contributed by atoms with Crippen LogP contribution in [0.2, 0.25) is 0 Å². The van der Waals surface area contributed by atoms with Gasteiger partial charge in [0.2, 0.25) is 10.0 Å². The summed E-state index contributed by atoms with van der Waals surface area (Å²) in [7, 11) is -1.67. The van der Waals surface area contributed by atoms with Crippen LogP contribution in [0.5, 0.6) is 0 Å². The minimum atomic E-state index is -3.23. The lowest BCUT2D eigenvalue weighted by Gasteiger charge is -2.36. The fraction of sp³-hybridized carbons (Fsp3) is 1.00. The molecule has 6 nitrogen and oxygen atoms in total. The number of rotatable bonds is 6. The van der Waals surface area contributed by atoms with Crippen LogP contribution in [0.15, 0.2) is 0 Å². The minimum absolute atomic E-state index is 0.114. The van der Waals surface area contributed by atoms with E-state index in [1.807, 2.05) is 6.92 Å². The van der Waals surface area contributed by atoms with Gasteiger partial charge in [-0.25, -0.2) is 8.42 Å². The smallest absolute Gasteiger partial charge is 0.214 e. The van der Waals surface area contributed by atoms with Gasteiger partial charge in [-0.05, 0) is 13.3 Å². The molecule has 0 aromatic heterocycles. The third-order valence-corrected chi connectivity index (χ3v) is 4.85. The summed E-state index contributed by atoms with van der Waals surface area (Å²) >= 11 is 0. The number of hydrogen-bond acceptors (Lipinski definition) is 5. The summed E-state index contributed by atoms with van der Waals surface area (Å²) < 4.78 is 36.0. The van der Waals surface area contributed by atoms with Gasteiger partial charge in [0.1, 0.15) is 0 Å². The van der Waals surface area contributed by atoms with E-state index in [1.54, 1.807) is 7.11 Å². The van der Waals surface area contributed by atoms with Gasteiger partial charge in [-0.1, -0.05) is 0 Å². The van der Waals surface area contributed by atoms with Crippen molar-refractivity contribution in [1.82, 2.24) is 4.31 Å². The monoisotopic (exact) mass is 266 g/mol. The van der Waals surface area contributed by atoms with Crippen LogP contribution >= 0.6 is 0 Å². The number of hydrogen-bond donors (Lipinski definition) is 1. The van der Waals surface area contributed by atoms with Crippen molar-refractivity contribution in [1.29, 1.82) is 0 Å². The molecule has 0 amide bonds. The number of methoxy groups -OCH3 is 1. The second-order valence-corrected chi connectivity index (χ2v) is 6.31. The zero-order valence-electron chi connectivity index (χ0n) is 10.5. The summed E-state index contributed by atoms with van der Waals surface area (Å²) in [6.45, 7) is 3.41. The molecule has 0 aliphatic carbocycles. The Morgan fingerprint density at radius 2 is 2.24 bits per heavy atom. The van der Waals surface area contributed by atoms with Gasteiger partial charge in [0.15, 0.2) is 0 Å². The Bertz CT molecular complexity index is 320. The Morgan fingerprint density at radius 3 is 2.82 bits per heavy atom. The summed E-state index contributed by atoms with van der Waals surface area (Å²) in [6, 6.07) is -0.120. The van der Waals surface area contributed by atoms with E-state index in [9.17, 15) is 8.42 Å². The Balaban J connectivity index is 2.61. The molecule has 102 valence electrons. The average molecular weight is 266 g/mol. The van der Waals surface area contributed by atoms with Gasteiger partial charge >= 0.3 is 0 Å². The van der Waals surface area contributed by atoms with Crippen molar-refractivity contribution < 1.29 is 17.9 Å². The molecule has 0 aromatic carbocycles. The zero-order chi connectivity index (χ0) is 12.9. The topological polar surface area (TPSA) is 81.9 Å². The first-order valence-corrected chi connectivity index (χ1v) is 7.42. The maximum Gasteiger partial charge on any atom is 0.214 e. The van der Waals surface area contributed by atoms with E-state index in [-0.39, 0.29) is 17.9 Å². The molecule has 0 radical (unpaired) electrons. The third kappa shape index (κ3) is 4.18. The van der Waals surface area contributed by atoms with Crippen LogP contribution < -0.4 is 5.73 Å². The second kappa shape index (κ2) is 6.65. The second-order valence-electron chi connectivity index (χ2n) is 4.27. The van der Waals surface area contributed by atoms with E-state index in [0.29, 0.717) is 32.7 Å². The fourth-order valence-corrected chi connectivity index (χ4v) is 3.54. The number of morpholine rings is 1. The first-order valence-electron chi connectivity index (χ1n) is 5.81. The molecule has 0 bridgehead atoms. The molecule has 2 N–H and O–H groups in total. The summed E-state index contributed by atoms with van der Waals surface area (Å²) in [4.78, 5) is 0. The Kier molecular flexibility index (Phi) is 5.81. The van der Waals surface area contributed by atoms with Crippen LogP contribution in [0, 0.1) is 0 Å². The van der Waals surface area contributed by atoms with Crippen LogP contribution in [-0.2, 0) is 19.5 Å². The third-order valence-electron chi connectivity index (χ3n) is 2.82. The molecule has 1 heterocycles. The molecule has 0 spiro atoms. The molecular weight excluding hydrogens is 244 g/mol. The van der Waals surface area contributed by atoms with Crippen LogP contribution in [-0.4, -0.2) is 64.0 Å². The lowest BCUT2D eigenvalue weighted by atomic mass is 10.2. The summed E-state index contributed by atoms with van der Waals surface area (Å²) in [5.41, 5.74) is 5.51. The molecule has 1 rings (SSSR count). The Morgan fingerprint density at radius 1 is 1.53 bits per heavy atom.